The highest BCUT2D eigenvalue weighted by Gasteiger charge is 2.10. The Morgan fingerprint density at radius 2 is 2.11 bits per heavy atom. The van der Waals surface area contributed by atoms with Gasteiger partial charge in [0.15, 0.2) is 0 Å². The Kier molecular flexibility index (Phi) is 4.81. The molecule has 1 unspecified atom stereocenters. The maximum atomic E-state index is 5.59. The molecule has 0 aliphatic carbocycles. The summed E-state index contributed by atoms with van der Waals surface area (Å²) in [7, 11) is 1.92. The molecule has 0 bridgehead atoms. The lowest BCUT2D eigenvalue weighted by Crippen LogP contribution is -2.38. The Hall–Kier alpha value is -1.30. The van der Waals surface area contributed by atoms with Crippen molar-refractivity contribution in [3.05, 3.63) is 48.3 Å². The number of nitrogens with two attached hydrogens (primary N) is 1. The largest absolute Gasteiger partial charge is 0.276 e. The van der Waals surface area contributed by atoms with E-state index in [1.54, 1.807) is 11.8 Å². The number of nitrogens with zero attached hydrogens (tertiary/aromatic N) is 2. The summed E-state index contributed by atoms with van der Waals surface area (Å²) in [6, 6.07) is 12.6. The summed E-state index contributed by atoms with van der Waals surface area (Å²) in [6.45, 7) is 0. The van der Waals surface area contributed by atoms with E-state index in [-0.39, 0.29) is 6.04 Å². The Balaban J connectivity index is 1.86. The number of hydrogen-bond acceptors (Lipinski definition) is 4. The van der Waals surface area contributed by atoms with Gasteiger partial charge in [0.2, 0.25) is 0 Å². The van der Waals surface area contributed by atoms with E-state index >= 15 is 0 Å². The summed E-state index contributed by atoms with van der Waals surface area (Å²) >= 11 is 1.80. The van der Waals surface area contributed by atoms with Crippen molar-refractivity contribution in [2.24, 2.45) is 12.9 Å². The van der Waals surface area contributed by atoms with Crippen LogP contribution in [0.1, 0.15) is 5.69 Å². The number of hydrazine groups is 1. The summed E-state index contributed by atoms with van der Waals surface area (Å²) in [6.07, 6.45) is 2.80. The molecule has 4 nitrogen and oxygen atoms in total. The zero-order valence-corrected chi connectivity index (χ0v) is 11.2. The number of benzene rings is 1. The van der Waals surface area contributed by atoms with Crippen LogP contribution in [0.2, 0.25) is 0 Å². The molecule has 18 heavy (non-hydrogen) atoms. The van der Waals surface area contributed by atoms with Crippen molar-refractivity contribution >= 4 is 11.8 Å². The van der Waals surface area contributed by atoms with Gasteiger partial charge in [0, 0.05) is 36.4 Å². The minimum atomic E-state index is 0.227. The highest BCUT2D eigenvalue weighted by atomic mass is 32.2. The van der Waals surface area contributed by atoms with E-state index in [0.717, 1.165) is 17.9 Å². The van der Waals surface area contributed by atoms with Crippen LogP contribution in [0.3, 0.4) is 0 Å². The molecular weight excluding hydrogens is 244 g/mol. The molecular formula is C13H18N4S. The SMILES string of the molecule is Cn1ccc(CC(CSc2ccccc2)NN)n1. The summed E-state index contributed by atoms with van der Waals surface area (Å²) in [5.41, 5.74) is 3.92. The first-order valence-corrected chi connectivity index (χ1v) is 6.89. The van der Waals surface area contributed by atoms with Crippen molar-refractivity contribution in [2.45, 2.75) is 17.4 Å². The van der Waals surface area contributed by atoms with E-state index in [2.05, 4.69) is 22.7 Å². The number of thioether (sulfide) groups is 1. The molecule has 1 heterocycles. The van der Waals surface area contributed by atoms with Crippen molar-refractivity contribution in [1.29, 1.82) is 0 Å². The average Bonchev–Trinajstić information content (AvgIpc) is 2.81. The number of hydrogen-bond donors (Lipinski definition) is 2. The summed E-state index contributed by atoms with van der Waals surface area (Å²) in [5, 5.41) is 4.37. The fourth-order valence-corrected chi connectivity index (χ4v) is 2.66. The predicted octanol–water partition coefficient (Wildman–Crippen LogP) is 1.59. The fraction of sp³-hybridized carbons (Fsp3) is 0.308. The normalized spacial score (nSPS) is 12.6. The van der Waals surface area contributed by atoms with E-state index in [1.807, 2.05) is 42.2 Å². The summed E-state index contributed by atoms with van der Waals surface area (Å²) in [5.74, 6) is 6.52. The van der Waals surface area contributed by atoms with Crippen molar-refractivity contribution in [1.82, 2.24) is 15.2 Å². The molecule has 2 aromatic rings. The van der Waals surface area contributed by atoms with Crippen LogP contribution in [0.15, 0.2) is 47.5 Å². The molecule has 0 amide bonds. The molecule has 0 radical (unpaired) electrons. The lowest BCUT2D eigenvalue weighted by atomic mass is 10.2. The number of aromatic nitrogens is 2. The van der Waals surface area contributed by atoms with E-state index in [9.17, 15) is 0 Å². The maximum absolute atomic E-state index is 5.59. The van der Waals surface area contributed by atoms with Crippen LogP contribution >= 0.6 is 11.8 Å². The van der Waals surface area contributed by atoms with Gasteiger partial charge in [-0.25, -0.2) is 0 Å². The van der Waals surface area contributed by atoms with Crippen molar-refractivity contribution < 1.29 is 0 Å². The van der Waals surface area contributed by atoms with Crippen LogP contribution in [0.5, 0.6) is 0 Å². The van der Waals surface area contributed by atoms with Crippen LogP contribution in [-0.2, 0) is 13.5 Å². The summed E-state index contributed by atoms with van der Waals surface area (Å²) in [4.78, 5) is 1.26. The summed E-state index contributed by atoms with van der Waals surface area (Å²) < 4.78 is 1.81. The predicted molar refractivity (Wildman–Crippen MR) is 75.2 cm³/mol. The number of aryl methyl sites for hydroxylation is 1. The third kappa shape index (κ3) is 3.87. The first kappa shape index (κ1) is 13.1. The van der Waals surface area contributed by atoms with Gasteiger partial charge in [-0.05, 0) is 18.2 Å². The molecule has 1 atom stereocenters. The van der Waals surface area contributed by atoms with Crippen LogP contribution in [0.4, 0.5) is 0 Å². The van der Waals surface area contributed by atoms with E-state index in [4.69, 9.17) is 5.84 Å². The molecule has 1 aromatic carbocycles. The topological polar surface area (TPSA) is 55.9 Å². The molecule has 96 valence electrons. The third-order valence-corrected chi connectivity index (χ3v) is 3.83. The maximum Gasteiger partial charge on any atom is 0.0640 e. The van der Waals surface area contributed by atoms with E-state index < -0.39 is 0 Å². The van der Waals surface area contributed by atoms with Gasteiger partial charge in [0.05, 0.1) is 5.69 Å². The monoisotopic (exact) mass is 262 g/mol. The van der Waals surface area contributed by atoms with Gasteiger partial charge in [-0.1, -0.05) is 18.2 Å². The van der Waals surface area contributed by atoms with Gasteiger partial charge < -0.3 is 0 Å². The molecule has 0 aliphatic rings. The Morgan fingerprint density at radius 1 is 1.33 bits per heavy atom. The molecule has 1 aromatic heterocycles. The molecule has 0 saturated heterocycles. The van der Waals surface area contributed by atoms with Crippen LogP contribution in [0, 0.1) is 0 Å². The molecule has 3 N–H and O–H groups in total. The number of rotatable bonds is 6. The van der Waals surface area contributed by atoms with Gasteiger partial charge in [0.1, 0.15) is 0 Å². The van der Waals surface area contributed by atoms with Crippen molar-refractivity contribution in [2.75, 3.05) is 5.75 Å². The second-order valence-electron chi connectivity index (χ2n) is 4.17. The quantitative estimate of drug-likeness (QED) is 0.471. The third-order valence-electron chi connectivity index (χ3n) is 2.65. The lowest BCUT2D eigenvalue weighted by molar-refractivity contribution is 0.564. The van der Waals surface area contributed by atoms with Gasteiger partial charge in [-0.3, -0.25) is 16.0 Å². The molecule has 0 aliphatic heterocycles. The first-order chi connectivity index (χ1) is 8.78. The second kappa shape index (κ2) is 6.58. The van der Waals surface area contributed by atoms with Gasteiger partial charge in [-0.15, -0.1) is 11.8 Å². The van der Waals surface area contributed by atoms with E-state index in [1.165, 1.54) is 4.90 Å². The zero-order chi connectivity index (χ0) is 12.8. The van der Waals surface area contributed by atoms with E-state index in [0.29, 0.717) is 0 Å². The molecule has 0 fully saturated rings. The highest BCUT2D eigenvalue weighted by molar-refractivity contribution is 7.99. The zero-order valence-electron chi connectivity index (χ0n) is 10.4. The standard InChI is InChI=1S/C13H18N4S/c1-17-8-7-11(16-17)9-12(15-14)10-18-13-5-3-2-4-6-13/h2-8,12,15H,9-10,14H2,1H3. The minimum absolute atomic E-state index is 0.227. The van der Waals surface area contributed by atoms with Crippen LogP contribution in [-0.4, -0.2) is 21.6 Å². The molecule has 5 heteroatoms. The smallest absolute Gasteiger partial charge is 0.0640 e. The van der Waals surface area contributed by atoms with Crippen molar-refractivity contribution in [3.8, 4) is 0 Å². The Bertz CT molecular complexity index is 469. The molecule has 0 saturated carbocycles. The Labute approximate surface area is 112 Å². The van der Waals surface area contributed by atoms with Gasteiger partial charge in [0.25, 0.3) is 0 Å². The fourth-order valence-electron chi connectivity index (χ4n) is 1.70. The highest BCUT2D eigenvalue weighted by Crippen LogP contribution is 2.18. The van der Waals surface area contributed by atoms with Gasteiger partial charge >= 0.3 is 0 Å². The average molecular weight is 262 g/mol. The molecule has 2 rings (SSSR count). The minimum Gasteiger partial charge on any atom is -0.276 e. The van der Waals surface area contributed by atoms with Crippen molar-refractivity contribution in [3.63, 3.8) is 0 Å². The molecule has 0 spiro atoms. The lowest BCUT2D eigenvalue weighted by Gasteiger charge is -2.14. The Morgan fingerprint density at radius 3 is 2.72 bits per heavy atom. The van der Waals surface area contributed by atoms with Gasteiger partial charge in [-0.2, -0.15) is 5.10 Å². The van der Waals surface area contributed by atoms with Crippen LogP contribution < -0.4 is 11.3 Å². The number of nitrogens with one attached hydrogen (secondary N) is 1. The second-order valence-corrected chi connectivity index (χ2v) is 5.27. The first-order valence-electron chi connectivity index (χ1n) is 5.90. The van der Waals surface area contributed by atoms with Crippen LogP contribution in [0.25, 0.3) is 0 Å².